The van der Waals surface area contributed by atoms with Crippen LogP contribution >= 0.6 is 11.6 Å². The first-order valence-electron chi connectivity index (χ1n) is 8.06. The molecule has 1 aliphatic rings. The van der Waals surface area contributed by atoms with Gasteiger partial charge in [-0.25, -0.2) is 13.1 Å². The molecule has 0 saturated carbocycles. The minimum atomic E-state index is -3.87. The molecular formula is C16H19ClN4O5S. The van der Waals surface area contributed by atoms with Gasteiger partial charge in [-0.15, -0.1) is 0 Å². The lowest BCUT2D eigenvalue weighted by molar-refractivity contribution is -0.121. The van der Waals surface area contributed by atoms with Crippen molar-refractivity contribution in [3.63, 3.8) is 0 Å². The predicted octanol–water partition coefficient (Wildman–Crippen LogP) is 2.03. The van der Waals surface area contributed by atoms with Gasteiger partial charge in [-0.3, -0.25) is 9.69 Å². The van der Waals surface area contributed by atoms with Gasteiger partial charge in [0.05, 0.1) is 17.3 Å². The smallest absolute Gasteiger partial charge is 0.265 e. The summed E-state index contributed by atoms with van der Waals surface area (Å²) < 4.78 is 38.1. The number of sulfonamides is 1. The third-order valence-corrected chi connectivity index (χ3v) is 5.78. The van der Waals surface area contributed by atoms with Gasteiger partial charge in [0.2, 0.25) is 15.9 Å². The fourth-order valence-electron chi connectivity index (χ4n) is 2.59. The highest BCUT2D eigenvalue weighted by Gasteiger charge is 2.31. The van der Waals surface area contributed by atoms with E-state index in [-0.39, 0.29) is 34.7 Å². The molecule has 9 nitrogen and oxygen atoms in total. The first-order chi connectivity index (χ1) is 12.5. The van der Waals surface area contributed by atoms with E-state index >= 15 is 0 Å². The van der Waals surface area contributed by atoms with Crippen molar-refractivity contribution in [1.82, 2.24) is 14.9 Å². The van der Waals surface area contributed by atoms with Gasteiger partial charge in [-0.1, -0.05) is 16.8 Å². The van der Waals surface area contributed by atoms with Crippen LogP contribution in [0, 0.1) is 6.92 Å². The van der Waals surface area contributed by atoms with Crippen molar-refractivity contribution in [2.45, 2.75) is 44.7 Å². The maximum atomic E-state index is 12.6. The largest absolute Gasteiger partial charge is 0.482 e. The summed E-state index contributed by atoms with van der Waals surface area (Å²) in [5, 5.41) is 3.75. The average Bonchev–Trinajstić information content (AvgIpc) is 2.92. The normalized spacial score (nSPS) is 14.9. The number of carbonyl (C=O) groups is 1. The molecule has 0 fully saturated rings. The molecule has 0 bridgehead atoms. The molecule has 146 valence electrons. The van der Waals surface area contributed by atoms with E-state index in [2.05, 4.69) is 14.9 Å². The summed E-state index contributed by atoms with van der Waals surface area (Å²) in [6.07, 6.45) is 0. The summed E-state index contributed by atoms with van der Waals surface area (Å²) in [6.45, 7) is 6.62. The zero-order valence-corrected chi connectivity index (χ0v) is 16.8. The van der Waals surface area contributed by atoms with Crippen LogP contribution in [0.2, 0.25) is 5.02 Å². The van der Waals surface area contributed by atoms with Crippen molar-refractivity contribution in [2.75, 3.05) is 11.5 Å². The first kappa shape index (κ1) is 19.6. The molecule has 0 unspecified atom stereocenters. The average molecular weight is 415 g/mol. The molecule has 1 aromatic heterocycles. The molecular weight excluding hydrogens is 396 g/mol. The van der Waals surface area contributed by atoms with Crippen LogP contribution in [0.25, 0.3) is 0 Å². The maximum absolute atomic E-state index is 12.6. The van der Waals surface area contributed by atoms with Crippen LogP contribution in [0.1, 0.15) is 32.5 Å². The van der Waals surface area contributed by atoms with E-state index < -0.39 is 15.6 Å². The molecule has 3 rings (SSSR count). The molecule has 0 saturated heterocycles. The number of rotatable bonds is 4. The van der Waals surface area contributed by atoms with Gasteiger partial charge in [-0.05, 0) is 26.8 Å². The Morgan fingerprint density at radius 2 is 2.04 bits per heavy atom. The van der Waals surface area contributed by atoms with Crippen molar-refractivity contribution in [2.24, 2.45) is 0 Å². The summed E-state index contributed by atoms with van der Waals surface area (Å²) in [4.78, 5) is 17.6. The van der Waals surface area contributed by atoms with E-state index in [4.69, 9.17) is 20.9 Å². The molecule has 0 radical (unpaired) electrons. The minimum Gasteiger partial charge on any atom is -0.482 e. The monoisotopic (exact) mass is 414 g/mol. The Kier molecular flexibility index (Phi) is 4.91. The number of aryl methyl sites for hydroxylation is 1. The fraction of sp³-hybridized carbons (Fsp3) is 0.438. The Morgan fingerprint density at radius 3 is 2.63 bits per heavy atom. The number of anilines is 1. The zero-order valence-electron chi connectivity index (χ0n) is 15.2. The number of amides is 1. The quantitative estimate of drug-likeness (QED) is 0.813. The molecule has 2 aromatic rings. The van der Waals surface area contributed by atoms with E-state index in [1.807, 2.05) is 0 Å². The third-order valence-electron chi connectivity index (χ3n) is 3.56. The highest BCUT2D eigenvalue weighted by Crippen LogP contribution is 2.39. The van der Waals surface area contributed by atoms with Gasteiger partial charge in [0, 0.05) is 18.5 Å². The molecule has 11 heteroatoms. The van der Waals surface area contributed by atoms with Crippen molar-refractivity contribution in [1.29, 1.82) is 0 Å². The second-order valence-electron chi connectivity index (χ2n) is 7.10. The number of aromatic nitrogens is 2. The van der Waals surface area contributed by atoms with Crippen LogP contribution < -0.4 is 14.4 Å². The van der Waals surface area contributed by atoms with Crippen molar-refractivity contribution in [3.8, 4) is 5.75 Å². The van der Waals surface area contributed by atoms with Crippen LogP contribution in [-0.2, 0) is 21.4 Å². The number of benzene rings is 1. The van der Waals surface area contributed by atoms with Gasteiger partial charge in [0.1, 0.15) is 10.6 Å². The summed E-state index contributed by atoms with van der Waals surface area (Å²) in [6, 6.07) is 2.70. The predicted molar refractivity (Wildman–Crippen MR) is 97.2 cm³/mol. The van der Waals surface area contributed by atoms with E-state index in [0.717, 1.165) is 0 Å². The number of hydrogen-bond donors (Lipinski definition) is 1. The van der Waals surface area contributed by atoms with E-state index in [9.17, 15) is 13.2 Å². The Labute approximate surface area is 161 Å². The van der Waals surface area contributed by atoms with Crippen molar-refractivity contribution < 1.29 is 22.5 Å². The highest BCUT2D eigenvalue weighted by atomic mass is 35.5. The van der Waals surface area contributed by atoms with Gasteiger partial charge < -0.3 is 9.26 Å². The lowest BCUT2D eigenvalue weighted by Crippen LogP contribution is -2.41. The number of nitrogens with one attached hydrogen (secondary N) is 1. The Balaban J connectivity index is 2.00. The van der Waals surface area contributed by atoms with Crippen LogP contribution in [0.4, 0.5) is 5.69 Å². The van der Waals surface area contributed by atoms with Crippen LogP contribution in [0.3, 0.4) is 0 Å². The summed E-state index contributed by atoms with van der Waals surface area (Å²) in [5.74, 6) is 0.590. The van der Waals surface area contributed by atoms with E-state index in [1.165, 1.54) is 17.0 Å². The van der Waals surface area contributed by atoms with Gasteiger partial charge in [0.25, 0.3) is 5.91 Å². The van der Waals surface area contributed by atoms with Crippen molar-refractivity contribution in [3.05, 3.63) is 28.9 Å². The third kappa shape index (κ3) is 4.23. The SMILES string of the molecule is Cc1nc(CN2C(=O)COc3cc(S(=O)(=O)NC(C)(C)C)c(Cl)cc32)no1. The Bertz CT molecular complexity index is 997. The van der Waals surface area contributed by atoms with Crippen molar-refractivity contribution >= 4 is 33.2 Å². The maximum Gasteiger partial charge on any atom is 0.265 e. The molecule has 1 aliphatic heterocycles. The van der Waals surface area contributed by atoms with Crippen LogP contribution in [-0.4, -0.2) is 36.6 Å². The fourth-order valence-corrected chi connectivity index (χ4v) is 4.54. The number of hydrogen-bond acceptors (Lipinski definition) is 7. The summed E-state index contributed by atoms with van der Waals surface area (Å²) in [7, 11) is -3.87. The second kappa shape index (κ2) is 6.77. The van der Waals surface area contributed by atoms with Crippen LogP contribution in [0.5, 0.6) is 5.75 Å². The number of ether oxygens (including phenoxy) is 1. The summed E-state index contributed by atoms with van der Waals surface area (Å²) >= 11 is 6.23. The molecule has 2 heterocycles. The second-order valence-corrected chi connectivity index (χ2v) is 9.16. The lowest BCUT2D eigenvalue weighted by Gasteiger charge is -2.29. The number of nitrogens with zero attached hydrogens (tertiary/aromatic N) is 3. The Hall–Kier alpha value is -2.17. The molecule has 1 amide bonds. The number of fused-ring (bicyclic) bond motifs is 1. The molecule has 27 heavy (non-hydrogen) atoms. The molecule has 1 aromatic carbocycles. The van der Waals surface area contributed by atoms with Gasteiger partial charge >= 0.3 is 0 Å². The topological polar surface area (TPSA) is 115 Å². The van der Waals surface area contributed by atoms with E-state index in [1.54, 1.807) is 27.7 Å². The van der Waals surface area contributed by atoms with Crippen LogP contribution in [0.15, 0.2) is 21.6 Å². The molecule has 0 atom stereocenters. The summed E-state index contributed by atoms with van der Waals surface area (Å²) in [5.41, 5.74) is -0.342. The zero-order chi connectivity index (χ0) is 20.0. The highest BCUT2D eigenvalue weighted by molar-refractivity contribution is 7.89. The first-order valence-corrected chi connectivity index (χ1v) is 9.92. The standard InChI is InChI=1S/C16H19ClN4O5S/c1-9-18-14(19-26-9)7-21-11-5-10(17)13(6-12(11)25-8-15(21)22)27(23,24)20-16(2,3)4/h5-6,20H,7-8H2,1-4H3. The van der Waals surface area contributed by atoms with E-state index in [0.29, 0.717) is 17.4 Å². The van der Waals surface area contributed by atoms with Gasteiger partial charge in [-0.2, -0.15) is 4.98 Å². The number of halogens is 1. The molecule has 0 spiro atoms. The Morgan fingerprint density at radius 1 is 1.33 bits per heavy atom. The lowest BCUT2D eigenvalue weighted by atomic mass is 10.1. The minimum absolute atomic E-state index is 0.0295. The van der Waals surface area contributed by atoms with Gasteiger partial charge in [0.15, 0.2) is 12.4 Å². The number of carbonyl (C=O) groups excluding carboxylic acids is 1. The molecule has 0 aliphatic carbocycles. The molecule has 1 N–H and O–H groups in total.